The summed E-state index contributed by atoms with van der Waals surface area (Å²) in [6, 6.07) is 6.15. The molecule has 1 saturated heterocycles. The highest BCUT2D eigenvalue weighted by Crippen LogP contribution is 2.24. The first-order valence-corrected chi connectivity index (χ1v) is 7.42. The average molecular weight is 291 g/mol. The van der Waals surface area contributed by atoms with E-state index < -0.39 is 0 Å². The Balaban J connectivity index is 2.14. The van der Waals surface area contributed by atoms with Gasteiger partial charge in [0.25, 0.3) is 0 Å². The molecule has 5 heteroatoms. The fraction of sp³-hybridized carbons (Fsp3) is 0.562. The van der Waals surface area contributed by atoms with Crippen molar-refractivity contribution in [1.82, 2.24) is 4.90 Å². The highest BCUT2D eigenvalue weighted by molar-refractivity contribution is 5.86. The number of aldehydes is 1. The standard InChI is InChI=1S/C16H25N3O2/c1-13(12-21-3)17-16-10-15(5-4-14(16)11-20)19-8-6-18(2)7-9-19/h4-5,10-11,13,17H,6-9,12H2,1-3H3. The van der Waals surface area contributed by atoms with E-state index in [0.29, 0.717) is 12.2 Å². The van der Waals surface area contributed by atoms with Gasteiger partial charge in [-0.25, -0.2) is 0 Å². The van der Waals surface area contributed by atoms with Crippen LogP contribution in [0.25, 0.3) is 0 Å². The van der Waals surface area contributed by atoms with Gasteiger partial charge in [-0.05, 0) is 32.2 Å². The zero-order chi connectivity index (χ0) is 15.2. The second-order valence-electron chi connectivity index (χ2n) is 5.68. The molecule has 1 aromatic rings. The van der Waals surface area contributed by atoms with Crippen LogP contribution in [0.1, 0.15) is 17.3 Å². The van der Waals surface area contributed by atoms with E-state index in [2.05, 4.69) is 28.2 Å². The van der Waals surface area contributed by atoms with Gasteiger partial charge in [0.1, 0.15) is 0 Å². The summed E-state index contributed by atoms with van der Waals surface area (Å²) < 4.78 is 5.14. The van der Waals surface area contributed by atoms with Crippen LogP contribution in [0, 0.1) is 0 Å². The molecule has 1 atom stereocenters. The minimum atomic E-state index is 0.163. The number of nitrogens with one attached hydrogen (secondary N) is 1. The van der Waals surface area contributed by atoms with Crippen molar-refractivity contribution in [2.75, 3.05) is 57.2 Å². The van der Waals surface area contributed by atoms with Crippen LogP contribution in [0.3, 0.4) is 0 Å². The number of nitrogens with zero attached hydrogens (tertiary/aromatic N) is 2. The highest BCUT2D eigenvalue weighted by Gasteiger charge is 2.16. The normalized spacial score (nSPS) is 17.6. The first kappa shape index (κ1) is 15.8. The first-order chi connectivity index (χ1) is 10.1. The molecule has 116 valence electrons. The van der Waals surface area contributed by atoms with Gasteiger partial charge in [-0.15, -0.1) is 0 Å². The molecule has 1 unspecified atom stereocenters. The molecule has 0 spiro atoms. The molecule has 21 heavy (non-hydrogen) atoms. The Bertz CT molecular complexity index is 471. The summed E-state index contributed by atoms with van der Waals surface area (Å²) in [7, 11) is 3.83. The Labute approximate surface area is 126 Å². The molecule has 1 aliphatic rings. The first-order valence-electron chi connectivity index (χ1n) is 7.42. The van der Waals surface area contributed by atoms with E-state index in [-0.39, 0.29) is 6.04 Å². The number of carbonyl (C=O) groups excluding carboxylic acids is 1. The van der Waals surface area contributed by atoms with Crippen molar-refractivity contribution in [2.45, 2.75) is 13.0 Å². The van der Waals surface area contributed by atoms with Crippen LogP contribution in [0.4, 0.5) is 11.4 Å². The molecule has 1 fully saturated rings. The van der Waals surface area contributed by atoms with Gasteiger partial charge in [0.2, 0.25) is 0 Å². The number of hydrogen-bond donors (Lipinski definition) is 1. The molecule has 0 bridgehead atoms. The Morgan fingerprint density at radius 2 is 2.05 bits per heavy atom. The van der Waals surface area contributed by atoms with Crippen molar-refractivity contribution in [2.24, 2.45) is 0 Å². The van der Waals surface area contributed by atoms with Crippen molar-refractivity contribution < 1.29 is 9.53 Å². The molecule has 2 rings (SSSR count). The largest absolute Gasteiger partial charge is 0.383 e. The molecule has 0 amide bonds. The quantitative estimate of drug-likeness (QED) is 0.808. The van der Waals surface area contributed by atoms with E-state index in [0.717, 1.165) is 38.2 Å². The Kier molecular flexibility index (Phi) is 5.59. The van der Waals surface area contributed by atoms with Crippen LogP contribution in [0.2, 0.25) is 0 Å². The van der Waals surface area contributed by atoms with E-state index in [4.69, 9.17) is 4.74 Å². The average Bonchev–Trinajstić information content (AvgIpc) is 2.48. The second-order valence-corrected chi connectivity index (χ2v) is 5.68. The topological polar surface area (TPSA) is 44.8 Å². The summed E-state index contributed by atoms with van der Waals surface area (Å²) in [5.74, 6) is 0. The molecular formula is C16H25N3O2. The van der Waals surface area contributed by atoms with E-state index >= 15 is 0 Å². The lowest BCUT2D eigenvalue weighted by atomic mass is 10.1. The van der Waals surface area contributed by atoms with Crippen molar-refractivity contribution in [3.05, 3.63) is 23.8 Å². The summed E-state index contributed by atoms with van der Waals surface area (Å²) >= 11 is 0. The lowest BCUT2D eigenvalue weighted by Gasteiger charge is -2.34. The number of likely N-dealkylation sites (N-methyl/N-ethyl adjacent to an activating group) is 1. The SMILES string of the molecule is COCC(C)Nc1cc(N2CCN(C)CC2)ccc1C=O. The van der Waals surface area contributed by atoms with E-state index in [1.54, 1.807) is 7.11 Å². The molecule has 5 nitrogen and oxygen atoms in total. The Hall–Kier alpha value is -1.59. The fourth-order valence-corrected chi connectivity index (χ4v) is 2.59. The van der Waals surface area contributed by atoms with Gasteiger partial charge in [0, 0.05) is 56.3 Å². The van der Waals surface area contributed by atoms with Gasteiger partial charge >= 0.3 is 0 Å². The second kappa shape index (κ2) is 7.43. The van der Waals surface area contributed by atoms with Crippen LogP contribution in [0.5, 0.6) is 0 Å². The minimum absolute atomic E-state index is 0.163. The highest BCUT2D eigenvalue weighted by atomic mass is 16.5. The summed E-state index contributed by atoms with van der Waals surface area (Å²) in [6.45, 7) is 6.82. The molecule has 1 aromatic carbocycles. The summed E-state index contributed by atoms with van der Waals surface area (Å²) in [4.78, 5) is 15.9. The maximum atomic E-state index is 11.2. The monoisotopic (exact) mass is 291 g/mol. The van der Waals surface area contributed by atoms with Gasteiger partial charge in [-0.3, -0.25) is 4.79 Å². The number of carbonyl (C=O) groups is 1. The van der Waals surface area contributed by atoms with Crippen molar-refractivity contribution >= 4 is 17.7 Å². The maximum Gasteiger partial charge on any atom is 0.152 e. The fourth-order valence-electron chi connectivity index (χ4n) is 2.59. The predicted octanol–water partition coefficient (Wildman–Crippen LogP) is 1.70. The third kappa shape index (κ3) is 4.19. The lowest BCUT2D eigenvalue weighted by Crippen LogP contribution is -2.44. The van der Waals surface area contributed by atoms with Gasteiger partial charge in [-0.1, -0.05) is 0 Å². The molecule has 0 aliphatic carbocycles. The molecule has 0 aromatic heterocycles. The third-order valence-electron chi connectivity index (χ3n) is 3.85. The summed E-state index contributed by atoms with van der Waals surface area (Å²) in [6.07, 6.45) is 0.898. The van der Waals surface area contributed by atoms with Crippen molar-refractivity contribution in [3.63, 3.8) is 0 Å². The zero-order valence-electron chi connectivity index (χ0n) is 13.1. The van der Waals surface area contributed by atoms with Crippen LogP contribution in [-0.4, -0.2) is 64.2 Å². The predicted molar refractivity (Wildman–Crippen MR) is 86.5 cm³/mol. The molecular weight excluding hydrogens is 266 g/mol. The molecule has 0 saturated carbocycles. The number of rotatable bonds is 6. The number of piperazine rings is 1. The number of methoxy groups -OCH3 is 1. The van der Waals surface area contributed by atoms with Gasteiger partial charge in [0.15, 0.2) is 6.29 Å². The molecule has 1 N–H and O–H groups in total. The van der Waals surface area contributed by atoms with Crippen molar-refractivity contribution in [1.29, 1.82) is 0 Å². The lowest BCUT2D eigenvalue weighted by molar-refractivity contribution is 0.112. The van der Waals surface area contributed by atoms with Gasteiger partial charge in [-0.2, -0.15) is 0 Å². The van der Waals surface area contributed by atoms with E-state index in [9.17, 15) is 4.79 Å². The Morgan fingerprint density at radius 3 is 2.67 bits per heavy atom. The molecule has 1 aliphatic heterocycles. The zero-order valence-corrected chi connectivity index (χ0v) is 13.1. The smallest absolute Gasteiger partial charge is 0.152 e. The van der Waals surface area contributed by atoms with Crippen LogP contribution in [0.15, 0.2) is 18.2 Å². The number of hydrogen-bond acceptors (Lipinski definition) is 5. The van der Waals surface area contributed by atoms with Crippen LogP contribution >= 0.6 is 0 Å². The summed E-state index contributed by atoms with van der Waals surface area (Å²) in [5.41, 5.74) is 2.74. The third-order valence-corrected chi connectivity index (χ3v) is 3.85. The Morgan fingerprint density at radius 1 is 1.33 bits per heavy atom. The van der Waals surface area contributed by atoms with Crippen LogP contribution < -0.4 is 10.2 Å². The number of anilines is 2. The molecule has 0 radical (unpaired) electrons. The molecule has 1 heterocycles. The number of benzene rings is 1. The van der Waals surface area contributed by atoms with Gasteiger partial charge < -0.3 is 19.9 Å². The minimum Gasteiger partial charge on any atom is -0.383 e. The maximum absolute atomic E-state index is 11.2. The van der Waals surface area contributed by atoms with Gasteiger partial charge in [0.05, 0.1) is 6.61 Å². The van der Waals surface area contributed by atoms with Crippen LogP contribution in [-0.2, 0) is 4.74 Å². The number of ether oxygens (including phenoxy) is 1. The van der Waals surface area contributed by atoms with E-state index in [1.165, 1.54) is 5.69 Å². The van der Waals surface area contributed by atoms with Crippen molar-refractivity contribution in [3.8, 4) is 0 Å². The summed E-state index contributed by atoms with van der Waals surface area (Å²) in [5, 5.41) is 3.36. The van der Waals surface area contributed by atoms with E-state index in [1.807, 2.05) is 19.1 Å².